The van der Waals surface area contributed by atoms with Crippen LogP contribution in [0, 0.1) is 17.0 Å². The maximum atomic E-state index is 15.3. The van der Waals surface area contributed by atoms with E-state index in [9.17, 15) is 14.4 Å². The normalized spacial score (nSPS) is 13.6. The van der Waals surface area contributed by atoms with Crippen LogP contribution in [0.25, 0.3) is 0 Å². The second-order valence-electron chi connectivity index (χ2n) is 7.82. The van der Waals surface area contributed by atoms with E-state index in [1.165, 1.54) is 37.4 Å². The molecule has 1 heterocycles. The Kier molecular flexibility index (Phi) is 5.97. The topological polar surface area (TPSA) is 115 Å². The highest BCUT2D eigenvalue weighted by molar-refractivity contribution is 6.16. The lowest BCUT2D eigenvalue weighted by Gasteiger charge is -2.27. The van der Waals surface area contributed by atoms with Crippen molar-refractivity contribution in [1.29, 1.82) is 0 Å². The zero-order chi connectivity index (χ0) is 24.5. The number of hydrogen-bond acceptors (Lipinski definition) is 5. The number of amides is 3. The van der Waals surface area contributed by atoms with Gasteiger partial charge in [-0.15, -0.1) is 0 Å². The summed E-state index contributed by atoms with van der Waals surface area (Å²) in [5.74, 6) is -3.98. The summed E-state index contributed by atoms with van der Waals surface area (Å²) in [6, 6.07) is 12.4. The molecule has 0 bridgehead atoms. The highest BCUT2D eigenvalue weighted by atomic mass is 19.1. The molecule has 3 N–H and O–H groups in total. The van der Waals surface area contributed by atoms with E-state index >= 15 is 8.78 Å². The first kappa shape index (κ1) is 22.8. The minimum Gasteiger partial charge on any atom is -0.454 e. The molecule has 1 fully saturated rings. The number of ether oxygens (including phenoxy) is 1. The zero-order valence-corrected chi connectivity index (χ0v) is 18.0. The Hall–Kier alpha value is -4.34. The average molecular weight is 466 g/mol. The van der Waals surface area contributed by atoms with E-state index in [-0.39, 0.29) is 41.7 Å². The lowest BCUT2D eigenvalue weighted by molar-refractivity contribution is -0.133. The van der Waals surface area contributed by atoms with Crippen LogP contribution in [0.15, 0.2) is 60.8 Å². The molecule has 1 aliphatic rings. The van der Waals surface area contributed by atoms with Crippen LogP contribution in [-0.2, 0) is 14.4 Å². The number of aromatic nitrogens is 1. The van der Waals surface area contributed by atoms with E-state index in [1.54, 1.807) is 18.2 Å². The zero-order valence-electron chi connectivity index (χ0n) is 18.0. The standard InChI is InChI=1S/C24H20F2N4O4/c1-14(31)29-21-11-16(7-10-28-21)34-20-13-17(25)19(12-18(20)26)30(15-5-3-2-4-6-15)23(33)24(8-9-24)22(27)32/h2-7,10-13H,8-9H2,1H3,(H2,27,32)(H,28,29,31). The van der Waals surface area contributed by atoms with E-state index in [2.05, 4.69) is 10.3 Å². The second kappa shape index (κ2) is 8.89. The number of carbonyl (C=O) groups is 3. The quantitative estimate of drug-likeness (QED) is 0.510. The van der Waals surface area contributed by atoms with Crippen molar-refractivity contribution >= 4 is 34.9 Å². The Morgan fingerprint density at radius 1 is 1.06 bits per heavy atom. The number of anilines is 3. The van der Waals surface area contributed by atoms with Gasteiger partial charge in [-0.05, 0) is 31.0 Å². The Balaban J connectivity index is 1.71. The van der Waals surface area contributed by atoms with Crippen molar-refractivity contribution in [2.75, 3.05) is 10.2 Å². The largest absolute Gasteiger partial charge is 0.454 e. The molecule has 174 valence electrons. The molecular weight excluding hydrogens is 446 g/mol. The Morgan fingerprint density at radius 3 is 2.38 bits per heavy atom. The van der Waals surface area contributed by atoms with Gasteiger partial charge in [0.2, 0.25) is 17.7 Å². The maximum Gasteiger partial charge on any atom is 0.247 e. The van der Waals surface area contributed by atoms with Gasteiger partial charge in [0.05, 0.1) is 5.69 Å². The molecule has 0 atom stereocenters. The van der Waals surface area contributed by atoms with Crippen LogP contribution in [0.3, 0.4) is 0 Å². The molecule has 34 heavy (non-hydrogen) atoms. The van der Waals surface area contributed by atoms with E-state index < -0.39 is 34.6 Å². The number of para-hydroxylation sites is 1. The lowest BCUT2D eigenvalue weighted by Crippen LogP contribution is -2.41. The first-order valence-electron chi connectivity index (χ1n) is 10.3. The minimum absolute atomic E-state index is 0.103. The summed E-state index contributed by atoms with van der Waals surface area (Å²) in [5.41, 5.74) is 3.85. The van der Waals surface area contributed by atoms with E-state index in [0.29, 0.717) is 0 Å². The third-order valence-corrected chi connectivity index (χ3v) is 5.35. The van der Waals surface area contributed by atoms with Crippen LogP contribution in [0.1, 0.15) is 19.8 Å². The Bertz CT molecular complexity index is 1280. The number of nitrogens with two attached hydrogens (primary N) is 1. The number of benzene rings is 2. The van der Waals surface area contributed by atoms with Crippen molar-refractivity contribution in [2.24, 2.45) is 11.1 Å². The summed E-state index contributed by atoms with van der Waals surface area (Å²) in [6.07, 6.45) is 1.79. The molecule has 0 radical (unpaired) electrons. The maximum absolute atomic E-state index is 15.3. The van der Waals surface area contributed by atoms with E-state index in [1.807, 2.05) is 0 Å². The second-order valence-corrected chi connectivity index (χ2v) is 7.82. The molecule has 0 spiro atoms. The van der Waals surface area contributed by atoms with Gasteiger partial charge in [-0.1, -0.05) is 18.2 Å². The third kappa shape index (κ3) is 4.42. The summed E-state index contributed by atoms with van der Waals surface area (Å²) < 4.78 is 35.7. The monoisotopic (exact) mass is 466 g/mol. The van der Waals surface area contributed by atoms with Crippen molar-refractivity contribution in [1.82, 2.24) is 4.98 Å². The van der Waals surface area contributed by atoms with Crippen LogP contribution in [0.5, 0.6) is 11.5 Å². The number of carbonyl (C=O) groups excluding carboxylic acids is 3. The summed E-state index contributed by atoms with van der Waals surface area (Å²) in [7, 11) is 0. The van der Waals surface area contributed by atoms with Gasteiger partial charge in [0, 0.05) is 37.0 Å². The van der Waals surface area contributed by atoms with Crippen LogP contribution < -0.4 is 20.7 Å². The molecule has 10 heteroatoms. The van der Waals surface area contributed by atoms with Crippen LogP contribution in [0.4, 0.5) is 26.0 Å². The van der Waals surface area contributed by atoms with Gasteiger partial charge < -0.3 is 15.8 Å². The highest BCUT2D eigenvalue weighted by Gasteiger charge is 2.57. The predicted octanol–water partition coefficient (Wildman–Crippen LogP) is 4.04. The van der Waals surface area contributed by atoms with E-state index in [4.69, 9.17) is 10.5 Å². The van der Waals surface area contributed by atoms with Gasteiger partial charge in [-0.2, -0.15) is 0 Å². The summed E-state index contributed by atoms with van der Waals surface area (Å²) in [5, 5.41) is 2.46. The molecule has 2 aromatic carbocycles. The predicted molar refractivity (Wildman–Crippen MR) is 119 cm³/mol. The average Bonchev–Trinajstić information content (AvgIpc) is 3.60. The molecule has 0 aliphatic heterocycles. The fraction of sp³-hybridized carbons (Fsp3) is 0.167. The number of rotatable bonds is 7. The van der Waals surface area contributed by atoms with Crippen molar-refractivity contribution in [3.8, 4) is 11.5 Å². The van der Waals surface area contributed by atoms with Gasteiger partial charge in [0.25, 0.3) is 0 Å². The lowest BCUT2D eigenvalue weighted by atomic mass is 10.0. The first-order valence-corrected chi connectivity index (χ1v) is 10.3. The molecule has 4 rings (SSSR count). The minimum atomic E-state index is -1.45. The third-order valence-electron chi connectivity index (χ3n) is 5.35. The number of primary amides is 1. The van der Waals surface area contributed by atoms with Gasteiger partial charge in [0.1, 0.15) is 17.0 Å². The molecule has 1 aliphatic carbocycles. The first-order chi connectivity index (χ1) is 16.2. The number of halogens is 2. The van der Waals surface area contributed by atoms with Crippen molar-refractivity contribution in [2.45, 2.75) is 19.8 Å². The van der Waals surface area contributed by atoms with Gasteiger partial charge in [-0.3, -0.25) is 19.3 Å². The highest BCUT2D eigenvalue weighted by Crippen LogP contribution is 2.49. The summed E-state index contributed by atoms with van der Waals surface area (Å²) >= 11 is 0. The van der Waals surface area contributed by atoms with Gasteiger partial charge in [0.15, 0.2) is 17.4 Å². The summed E-state index contributed by atoms with van der Waals surface area (Å²) in [4.78, 5) is 41.4. The molecular formula is C24H20F2N4O4. The molecule has 0 saturated heterocycles. The fourth-order valence-electron chi connectivity index (χ4n) is 3.47. The molecule has 3 aromatic rings. The molecule has 3 amide bonds. The van der Waals surface area contributed by atoms with Crippen molar-refractivity contribution in [3.63, 3.8) is 0 Å². The smallest absolute Gasteiger partial charge is 0.247 e. The molecule has 8 nitrogen and oxygen atoms in total. The number of nitrogens with zero attached hydrogens (tertiary/aromatic N) is 2. The van der Waals surface area contributed by atoms with Crippen molar-refractivity contribution in [3.05, 3.63) is 72.4 Å². The number of pyridine rings is 1. The van der Waals surface area contributed by atoms with E-state index in [0.717, 1.165) is 17.0 Å². The van der Waals surface area contributed by atoms with Gasteiger partial charge in [-0.25, -0.2) is 13.8 Å². The van der Waals surface area contributed by atoms with Crippen molar-refractivity contribution < 1.29 is 27.9 Å². The molecule has 0 unspecified atom stereocenters. The van der Waals surface area contributed by atoms with Crippen LogP contribution >= 0.6 is 0 Å². The number of nitrogens with one attached hydrogen (secondary N) is 1. The molecule has 1 saturated carbocycles. The number of hydrogen-bond donors (Lipinski definition) is 2. The Morgan fingerprint density at radius 2 is 1.76 bits per heavy atom. The van der Waals surface area contributed by atoms with Gasteiger partial charge >= 0.3 is 0 Å². The fourth-order valence-corrected chi connectivity index (χ4v) is 3.47. The van der Waals surface area contributed by atoms with Crippen LogP contribution in [-0.4, -0.2) is 22.7 Å². The summed E-state index contributed by atoms with van der Waals surface area (Å²) in [6.45, 7) is 1.30. The molecule has 1 aromatic heterocycles. The SMILES string of the molecule is CC(=O)Nc1cc(Oc2cc(F)c(N(C(=O)C3(C(N)=O)CC3)c3ccccc3)cc2F)ccn1. The Labute approximate surface area is 193 Å². The van der Waals surface area contributed by atoms with Crippen LogP contribution in [0.2, 0.25) is 0 Å².